The average Bonchev–Trinajstić information content (AvgIpc) is 3.19. The molecule has 0 heterocycles. The van der Waals surface area contributed by atoms with Gasteiger partial charge in [0.1, 0.15) is 0 Å². The maximum atomic E-state index is 2.30. The van der Waals surface area contributed by atoms with Crippen LogP contribution < -0.4 is 0 Å². The molecule has 0 fully saturated rings. The van der Waals surface area contributed by atoms with Crippen molar-refractivity contribution >= 4 is 0 Å². The fraction of sp³-hybridized carbons (Fsp3) is 0.111. The highest BCUT2D eigenvalue weighted by Gasteiger charge is 2.09. The number of hydrogen-bond donors (Lipinski definition) is 0. The molecule has 264 valence electrons. The molecule has 8 aromatic carbocycles. The van der Waals surface area contributed by atoms with Crippen LogP contribution in [0.15, 0.2) is 182 Å². The van der Waals surface area contributed by atoms with Crippen molar-refractivity contribution in [1.82, 2.24) is 0 Å². The Hall–Kier alpha value is -6.24. The summed E-state index contributed by atoms with van der Waals surface area (Å²) in [4.78, 5) is 0. The lowest BCUT2D eigenvalue weighted by atomic mass is 9.92. The smallest absolute Gasteiger partial charge is 0.0172 e. The minimum Gasteiger partial charge on any atom is -0.0587 e. The third-order valence-electron chi connectivity index (χ3n) is 10.2. The van der Waals surface area contributed by atoms with Crippen molar-refractivity contribution < 1.29 is 0 Å². The summed E-state index contributed by atoms with van der Waals surface area (Å²) in [7, 11) is 0. The topological polar surface area (TPSA) is 0 Å². The molecule has 0 saturated carbocycles. The van der Waals surface area contributed by atoms with E-state index in [1.165, 1.54) is 100 Å². The molecule has 0 unspecified atom stereocenters. The maximum Gasteiger partial charge on any atom is -0.0172 e. The van der Waals surface area contributed by atoms with E-state index in [0.717, 1.165) is 0 Å². The van der Waals surface area contributed by atoms with Gasteiger partial charge in [-0.1, -0.05) is 179 Å². The van der Waals surface area contributed by atoms with Crippen molar-refractivity contribution in [3.8, 4) is 66.8 Å². The molecule has 0 bridgehead atoms. The molecule has 0 radical (unpaired) electrons. The van der Waals surface area contributed by atoms with Crippen molar-refractivity contribution in [2.45, 2.75) is 41.5 Å². The van der Waals surface area contributed by atoms with E-state index in [0.29, 0.717) is 0 Å². The van der Waals surface area contributed by atoms with Gasteiger partial charge >= 0.3 is 0 Å². The zero-order chi connectivity index (χ0) is 37.6. The monoisotopic (exact) mass is 696 g/mol. The van der Waals surface area contributed by atoms with Gasteiger partial charge < -0.3 is 0 Å². The van der Waals surface area contributed by atoms with Gasteiger partial charge in [-0.3, -0.25) is 0 Å². The molecule has 0 atom stereocenters. The van der Waals surface area contributed by atoms with Crippen LogP contribution in [-0.2, 0) is 0 Å². The predicted octanol–water partition coefficient (Wildman–Crippen LogP) is 15.2. The Labute approximate surface area is 322 Å². The van der Waals surface area contributed by atoms with E-state index in [-0.39, 0.29) is 0 Å². The second-order valence-corrected chi connectivity index (χ2v) is 14.8. The molecule has 0 saturated heterocycles. The van der Waals surface area contributed by atoms with Crippen LogP contribution in [0.5, 0.6) is 0 Å². The first-order chi connectivity index (χ1) is 26.2. The molecule has 8 rings (SSSR count). The van der Waals surface area contributed by atoms with E-state index in [2.05, 4.69) is 224 Å². The van der Waals surface area contributed by atoms with Crippen LogP contribution in [0.2, 0.25) is 0 Å². The van der Waals surface area contributed by atoms with E-state index in [9.17, 15) is 0 Å². The molecule has 0 aromatic heterocycles. The summed E-state index contributed by atoms with van der Waals surface area (Å²) in [5.74, 6) is 0. The second-order valence-electron chi connectivity index (χ2n) is 14.8. The summed E-state index contributed by atoms with van der Waals surface area (Å²) in [6.45, 7) is 12.8. The minimum atomic E-state index is 1.25. The lowest BCUT2D eigenvalue weighted by molar-refractivity contribution is 1.45. The van der Waals surface area contributed by atoms with Crippen LogP contribution in [0.25, 0.3) is 66.8 Å². The number of benzene rings is 8. The Morgan fingerprint density at radius 3 is 0.370 bits per heavy atom. The third kappa shape index (κ3) is 8.85. The lowest BCUT2D eigenvalue weighted by Crippen LogP contribution is -1.87. The Morgan fingerprint density at radius 1 is 0.148 bits per heavy atom. The highest BCUT2D eigenvalue weighted by atomic mass is 14.1. The fourth-order valence-electron chi connectivity index (χ4n) is 6.73. The Morgan fingerprint density at radius 2 is 0.259 bits per heavy atom. The Bertz CT molecular complexity index is 1970. The van der Waals surface area contributed by atoms with Gasteiger partial charge in [-0.2, -0.15) is 0 Å². The summed E-state index contributed by atoms with van der Waals surface area (Å²) >= 11 is 0. The van der Waals surface area contributed by atoms with Gasteiger partial charge in [-0.25, -0.2) is 0 Å². The highest BCUT2D eigenvalue weighted by Crippen LogP contribution is 2.35. The molecular formula is C54H48. The van der Waals surface area contributed by atoms with Crippen molar-refractivity contribution in [1.29, 1.82) is 0 Å². The highest BCUT2D eigenvalue weighted by molar-refractivity contribution is 5.83. The SMILES string of the molecule is Cc1ccc(-c2cc(-c3ccc(C)cc3)cc(-c3ccc(C)cc3)c2)cc1.Cc1ccc(-c2cc(-c3ccc(C)cc3)cc(-c3ccc(C)cc3)c2)cc1. The first-order valence-corrected chi connectivity index (χ1v) is 18.9. The van der Waals surface area contributed by atoms with Gasteiger partial charge in [0.05, 0.1) is 0 Å². The first kappa shape index (κ1) is 36.1. The van der Waals surface area contributed by atoms with Gasteiger partial charge in [-0.15, -0.1) is 0 Å². The summed E-state index contributed by atoms with van der Waals surface area (Å²) in [5.41, 5.74) is 22.7. The van der Waals surface area contributed by atoms with Crippen LogP contribution in [0.3, 0.4) is 0 Å². The summed E-state index contributed by atoms with van der Waals surface area (Å²) in [6, 6.07) is 66.5. The Kier molecular flexibility index (Phi) is 10.8. The molecule has 0 aliphatic heterocycles. The van der Waals surface area contributed by atoms with Crippen molar-refractivity contribution in [3.05, 3.63) is 215 Å². The molecule has 0 spiro atoms. The van der Waals surface area contributed by atoms with E-state index < -0.39 is 0 Å². The van der Waals surface area contributed by atoms with Crippen molar-refractivity contribution in [3.63, 3.8) is 0 Å². The normalized spacial score (nSPS) is 10.8. The largest absolute Gasteiger partial charge is 0.0587 e. The standard InChI is InChI=1S/2C27H24/c2*1-19-4-10-22(11-5-19)25-16-26(23-12-6-20(2)7-13-23)18-27(17-25)24-14-8-21(3)9-15-24/h2*4-18H,1-3H3. The molecule has 0 aliphatic rings. The number of rotatable bonds is 6. The minimum absolute atomic E-state index is 1.25. The lowest BCUT2D eigenvalue weighted by Gasteiger charge is -2.12. The predicted molar refractivity (Wildman–Crippen MR) is 234 cm³/mol. The quantitative estimate of drug-likeness (QED) is 0.162. The van der Waals surface area contributed by atoms with Crippen LogP contribution in [0, 0.1) is 41.5 Å². The van der Waals surface area contributed by atoms with Crippen LogP contribution in [0.1, 0.15) is 33.4 Å². The Balaban J connectivity index is 0.000000167. The molecular weight excluding hydrogens is 649 g/mol. The van der Waals surface area contributed by atoms with Crippen LogP contribution >= 0.6 is 0 Å². The molecule has 0 heteroatoms. The molecule has 54 heavy (non-hydrogen) atoms. The summed E-state index contributed by atoms with van der Waals surface area (Å²) in [6.07, 6.45) is 0. The zero-order valence-electron chi connectivity index (χ0n) is 32.3. The number of aryl methyl sites for hydroxylation is 6. The number of hydrogen-bond acceptors (Lipinski definition) is 0. The van der Waals surface area contributed by atoms with Gasteiger partial charge in [-0.05, 0) is 145 Å². The third-order valence-corrected chi connectivity index (χ3v) is 10.2. The van der Waals surface area contributed by atoms with Crippen LogP contribution in [0.4, 0.5) is 0 Å². The molecule has 0 nitrogen and oxygen atoms in total. The van der Waals surface area contributed by atoms with Gasteiger partial charge in [0.15, 0.2) is 0 Å². The fourth-order valence-corrected chi connectivity index (χ4v) is 6.73. The molecule has 0 N–H and O–H groups in total. The average molecular weight is 697 g/mol. The van der Waals surface area contributed by atoms with Crippen LogP contribution in [-0.4, -0.2) is 0 Å². The van der Waals surface area contributed by atoms with E-state index in [1.54, 1.807) is 0 Å². The maximum absolute atomic E-state index is 2.30. The van der Waals surface area contributed by atoms with E-state index >= 15 is 0 Å². The van der Waals surface area contributed by atoms with Crippen molar-refractivity contribution in [2.24, 2.45) is 0 Å². The first-order valence-electron chi connectivity index (χ1n) is 18.9. The van der Waals surface area contributed by atoms with Crippen molar-refractivity contribution in [2.75, 3.05) is 0 Å². The van der Waals surface area contributed by atoms with Gasteiger partial charge in [0.25, 0.3) is 0 Å². The van der Waals surface area contributed by atoms with Gasteiger partial charge in [0, 0.05) is 0 Å². The summed E-state index contributed by atoms with van der Waals surface area (Å²) in [5, 5.41) is 0. The molecule has 0 amide bonds. The molecule has 0 aliphatic carbocycles. The summed E-state index contributed by atoms with van der Waals surface area (Å²) < 4.78 is 0. The van der Waals surface area contributed by atoms with E-state index in [1.807, 2.05) is 0 Å². The van der Waals surface area contributed by atoms with E-state index in [4.69, 9.17) is 0 Å². The molecule has 8 aromatic rings. The second kappa shape index (κ2) is 16.2. The zero-order valence-corrected chi connectivity index (χ0v) is 32.3. The van der Waals surface area contributed by atoms with Gasteiger partial charge in [0.2, 0.25) is 0 Å².